The molecule has 2 aliphatic heterocycles. The molecule has 152 valence electrons. The molecule has 0 spiro atoms. The van der Waals surface area contributed by atoms with Crippen LogP contribution in [0.25, 0.3) is 0 Å². The Balaban J connectivity index is 0.00000225. The molecule has 3 heterocycles. The fourth-order valence-electron chi connectivity index (χ4n) is 4.07. The first-order valence-corrected chi connectivity index (χ1v) is 9.89. The summed E-state index contributed by atoms with van der Waals surface area (Å²) in [5.41, 5.74) is 1.04. The van der Waals surface area contributed by atoms with Crippen LogP contribution in [0.4, 0.5) is 10.3 Å². The molecule has 2 fully saturated rings. The van der Waals surface area contributed by atoms with Gasteiger partial charge in [-0.1, -0.05) is 12.1 Å². The molecule has 28 heavy (non-hydrogen) atoms. The van der Waals surface area contributed by atoms with Gasteiger partial charge < -0.3 is 10.0 Å². The molecule has 0 radical (unpaired) electrons. The average molecular weight is 407 g/mol. The molecule has 2 saturated heterocycles. The third-order valence-electron chi connectivity index (χ3n) is 5.80. The SMILES string of the molecule is Cl.OC1(c2ccc(F)cc2)CCN(Cc2cnc(N3CCCCC3)nc2)CC1. The highest BCUT2D eigenvalue weighted by Gasteiger charge is 2.33. The van der Waals surface area contributed by atoms with Crippen molar-refractivity contribution < 1.29 is 9.50 Å². The van der Waals surface area contributed by atoms with E-state index in [0.717, 1.165) is 49.8 Å². The first-order valence-electron chi connectivity index (χ1n) is 9.89. The number of rotatable bonds is 4. The minimum Gasteiger partial charge on any atom is -0.385 e. The van der Waals surface area contributed by atoms with Gasteiger partial charge in [0, 0.05) is 50.7 Å². The van der Waals surface area contributed by atoms with Crippen molar-refractivity contribution in [1.82, 2.24) is 14.9 Å². The second-order valence-corrected chi connectivity index (χ2v) is 7.75. The predicted molar refractivity (Wildman–Crippen MR) is 110 cm³/mol. The molecule has 2 aromatic rings. The zero-order chi connectivity index (χ0) is 18.7. The summed E-state index contributed by atoms with van der Waals surface area (Å²) in [5.74, 6) is 0.565. The molecule has 7 heteroatoms. The monoisotopic (exact) mass is 406 g/mol. The topological polar surface area (TPSA) is 52.5 Å². The molecule has 0 aliphatic carbocycles. The van der Waals surface area contributed by atoms with E-state index in [1.807, 2.05) is 12.4 Å². The minimum atomic E-state index is -0.862. The lowest BCUT2D eigenvalue weighted by molar-refractivity contribution is -0.0278. The second-order valence-electron chi connectivity index (χ2n) is 7.75. The van der Waals surface area contributed by atoms with Gasteiger partial charge in [-0.25, -0.2) is 14.4 Å². The van der Waals surface area contributed by atoms with Crippen LogP contribution in [0.15, 0.2) is 36.7 Å². The number of anilines is 1. The van der Waals surface area contributed by atoms with Crippen LogP contribution in [-0.2, 0) is 12.1 Å². The van der Waals surface area contributed by atoms with Crippen molar-refractivity contribution in [2.45, 2.75) is 44.2 Å². The number of piperidine rings is 2. The van der Waals surface area contributed by atoms with Gasteiger partial charge in [-0.2, -0.15) is 0 Å². The quantitative estimate of drug-likeness (QED) is 0.842. The van der Waals surface area contributed by atoms with Crippen molar-refractivity contribution in [1.29, 1.82) is 0 Å². The number of aromatic nitrogens is 2. The van der Waals surface area contributed by atoms with E-state index < -0.39 is 5.60 Å². The summed E-state index contributed by atoms with van der Waals surface area (Å²) in [5, 5.41) is 10.9. The smallest absolute Gasteiger partial charge is 0.225 e. The van der Waals surface area contributed by atoms with E-state index >= 15 is 0 Å². The third kappa shape index (κ3) is 4.80. The summed E-state index contributed by atoms with van der Waals surface area (Å²) < 4.78 is 13.1. The van der Waals surface area contributed by atoms with Crippen LogP contribution in [0, 0.1) is 5.82 Å². The van der Waals surface area contributed by atoms with Crippen LogP contribution in [0.5, 0.6) is 0 Å². The van der Waals surface area contributed by atoms with Crippen molar-refractivity contribution in [3.63, 3.8) is 0 Å². The van der Waals surface area contributed by atoms with Crippen LogP contribution in [-0.4, -0.2) is 46.2 Å². The summed E-state index contributed by atoms with van der Waals surface area (Å²) in [7, 11) is 0. The number of halogens is 2. The van der Waals surface area contributed by atoms with Gasteiger partial charge in [-0.15, -0.1) is 12.4 Å². The highest BCUT2D eigenvalue weighted by molar-refractivity contribution is 5.85. The molecule has 4 rings (SSSR count). The summed E-state index contributed by atoms with van der Waals surface area (Å²) in [6.07, 6.45) is 8.88. The molecule has 1 N–H and O–H groups in total. The largest absolute Gasteiger partial charge is 0.385 e. The van der Waals surface area contributed by atoms with Gasteiger partial charge in [-0.05, 0) is 49.8 Å². The van der Waals surface area contributed by atoms with Gasteiger partial charge in [0.2, 0.25) is 5.95 Å². The fraction of sp³-hybridized carbons (Fsp3) is 0.524. The fourth-order valence-corrected chi connectivity index (χ4v) is 4.07. The Morgan fingerprint density at radius 3 is 2.14 bits per heavy atom. The first-order chi connectivity index (χ1) is 13.1. The number of benzene rings is 1. The summed E-state index contributed by atoms with van der Waals surface area (Å²) in [6, 6.07) is 6.22. The van der Waals surface area contributed by atoms with E-state index in [9.17, 15) is 9.50 Å². The number of likely N-dealkylation sites (tertiary alicyclic amines) is 1. The van der Waals surface area contributed by atoms with Crippen LogP contribution >= 0.6 is 12.4 Å². The maximum atomic E-state index is 13.1. The maximum Gasteiger partial charge on any atom is 0.225 e. The first kappa shape index (κ1) is 21.0. The highest BCUT2D eigenvalue weighted by atomic mass is 35.5. The molecule has 5 nitrogen and oxygen atoms in total. The Morgan fingerprint density at radius 2 is 1.54 bits per heavy atom. The predicted octanol–water partition coefficient (Wildman–Crippen LogP) is 3.51. The standard InChI is InChI=1S/C21H27FN4O.ClH/c22-19-6-4-18(5-7-19)21(27)8-12-25(13-9-21)16-17-14-23-20(24-15-17)26-10-2-1-3-11-26;/h4-7,14-15,27H,1-3,8-13,16H2;1H. The van der Waals surface area contributed by atoms with Gasteiger partial charge >= 0.3 is 0 Å². The van der Waals surface area contributed by atoms with Gasteiger partial charge in [-0.3, -0.25) is 4.90 Å². The van der Waals surface area contributed by atoms with Crippen molar-refractivity contribution in [2.75, 3.05) is 31.1 Å². The van der Waals surface area contributed by atoms with Crippen molar-refractivity contribution in [3.05, 3.63) is 53.6 Å². The number of hydrogen-bond donors (Lipinski definition) is 1. The zero-order valence-corrected chi connectivity index (χ0v) is 16.9. The molecule has 0 unspecified atom stereocenters. The molecule has 2 aliphatic rings. The van der Waals surface area contributed by atoms with Crippen LogP contribution in [0.3, 0.4) is 0 Å². The Labute approximate surface area is 172 Å². The van der Waals surface area contributed by atoms with Crippen LogP contribution < -0.4 is 4.90 Å². The lowest BCUT2D eigenvalue weighted by Gasteiger charge is -2.38. The maximum absolute atomic E-state index is 13.1. The van der Waals surface area contributed by atoms with Gasteiger partial charge in [0.25, 0.3) is 0 Å². The van der Waals surface area contributed by atoms with Crippen LogP contribution in [0.2, 0.25) is 0 Å². The molecule has 1 aromatic heterocycles. The van der Waals surface area contributed by atoms with E-state index in [2.05, 4.69) is 19.8 Å². The molecule has 1 aromatic carbocycles. The van der Waals surface area contributed by atoms with Crippen molar-refractivity contribution in [3.8, 4) is 0 Å². The Morgan fingerprint density at radius 1 is 0.929 bits per heavy atom. The number of hydrogen-bond acceptors (Lipinski definition) is 5. The van der Waals surface area contributed by atoms with Crippen molar-refractivity contribution in [2.24, 2.45) is 0 Å². The summed E-state index contributed by atoms with van der Waals surface area (Å²) in [4.78, 5) is 13.7. The molecular weight excluding hydrogens is 379 g/mol. The minimum absolute atomic E-state index is 0. The molecule has 0 amide bonds. The number of nitrogens with zero attached hydrogens (tertiary/aromatic N) is 4. The highest BCUT2D eigenvalue weighted by Crippen LogP contribution is 2.33. The molecular formula is C21H28ClFN4O. The van der Waals surface area contributed by atoms with Gasteiger partial charge in [0.15, 0.2) is 0 Å². The van der Waals surface area contributed by atoms with Crippen molar-refractivity contribution >= 4 is 18.4 Å². The number of aliphatic hydroxyl groups is 1. The van der Waals surface area contributed by atoms with Crippen LogP contribution in [0.1, 0.15) is 43.2 Å². The van der Waals surface area contributed by atoms with E-state index in [1.165, 1.54) is 31.4 Å². The Bertz CT molecular complexity index is 742. The Hall–Kier alpha value is -1.76. The second kappa shape index (κ2) is 9.16. The van der Waals surface area contributed by atoms with E-state index in [4.69, 9.17) is 0 Å². The summed E-state index contributed by atoms with van der Waals surface area (Å²) >= 11 is 0. The Kier molecular flexibility index (Phi) is 6.86. The van der Waals surface area contributed by atoms with E-state index in [0.29, 0.717) is 12.8 Å². The lowest BCUT2D eigenvalue weighted by atomic mass is 9.84. The zero-order valence-electron chi connectivity index (χ0n) is 16.1. The average Bonchev–Trinajstić information content (AvgIpc) is 2.71. The normalized spacial score (nSPS) is 19.9. The lowest BCUT2D eigenvalue weighted by Crippen LogP contribution is -2.42. The van der Waals surface area contributed by atoms with Gasteiger partial charge in [0.05, 0.1) is 5.60 Å². The van der Waals surface area contributed by atoms with E-state index in [1.54, 1.807) is 12.1 Å². The summed E-state index contributed by atoms with van der Waals surface area (Å²) in [6.45, 7) is 4.48. The third-order valence-corrected chi connectivity index (χ3v) is 5.80. The molecule has 0 bridgehead atoms. The molecule has 0 saturated carbocycles. The van der Waals surface area contributed by atoms with Gasteiger partial charge in [0.1, 0.15) is 5.82 Å². The molecule has 0 atom stereocenters. The van der Waals surface area contributed by atoms with E-state index in [-0.39, 0.29) is 18.2 Å².